The molecule has 0 atom stereocenters. The molecule has 0 N–H and O–H groups in total. The number of rotatable bonds is 7. The molecule has 112 valence electrons. The number of hydrogen-bond donors (Lipinski definition) is 0. The smallest absolute Gasteiger partial charge is 0.167 e. The third-order valence-corrected chi connectivity index (χ3v) is 2.87. The highest BCUT2D eigenvalue weighted by molar-refractivity contribution is 6.32. The number of halogens is 2. The van der Waals surface area contributed by atoms with Crippen LogP contribution in [0.15, 0.2) is 12.1 Å². The number of hydrogen-bond acceptors (Lipinski definition) is 3. The van der Waals surface area contributed by atoms with Gasteiger partial charge in [-0.3, -0.25) is 4.79 Å². The van der Waals surface area contributed by atoms with Crippen LogP contribution in [0, 0.1) is 0 Å². The zero-order chi connectivity index (χ0) is 15.3. The van der Waals surface area contributed by atoms with Crippen LogP contribution < -0.4 is 9.47 Å². The maximum atomic E-state index is 12.1. The van der Waals surface area contributed by atoms with Crippen LogP contribution >= 0.6 is 23.2 Å². The minimum atomic E-state index is -0.0825. The number of carbonyl (C=O) groups excluding carboxylic acids is 1. The predicted octanol–water partition coefficient (Wildman–Crippen LogP) is 4.73. The van der Waals surface area contributed by atoms with Crippen LogP contribution in [-0.2, 0) is 0 Å². The summed E-state index contributed by atoms with van der Waals surface area (Å²) in [7, 11) is 0. The molecular formula is C15H20Cl2O3. The van der Waals surface area contributed by atoms with Crippen LogP contribution in [-0.4, -0.2) is 23.9 Å². The molecule has 0 spiro atoms. The number of carbonyl (C=O) groups is 1. The molecule has 1 aromatic carbocycles. The molecule has 0 bridgehead atoms. The van der Waals surface area contributed by atoms with Crippen molar-refractivity contribution in [1.82, 2.24) is 0 Å². The first kappa shape index (κ1) is 17.1. The summed E-state index contributed by atoms with van der Waals surface area (Å²) >= 11 is 11.8. The van der Waals surface area contributed by atoms with Gasteiger partial charge in [-0.05, 0) is 33.8 Å². The maximum absolute atomic E-state index is 12.1. The Balaban J connectivity index is 3.22. The van der Waals surface area contributed by atoms with Crippen molar-refractivity contribution in [3.8, 4) is 11.5 Å². The molecule has 0 aliphatic carbocycles. The normalized spacial score (nSPS) is 11.0. The van der Waals surface area contributed by atoms with E-state index in [1.807, 2.05) is 27.7 Å². The fourth-order valence-electron chi connectivity index (χ4n) is 1.67. The van der Waals surface area contributed by atoms with Crippen LogP contribution in [0.25, 0.3) is 0 Å². The number of ketones is 1. The molecule has 0 fully saturated rings. The highest BCUT2D eigenvalue weighted by Gasteiger charge is 2.18. The predicted molar refractivity (Wildman–Crippen MR) is 82.6 cm³/mol. The van der Waals surface area contributed by atoms with E-state index in [0.717, 1.165) is 0 Å². The van der Waals surface area contributed by atoms with Gasteiger partial charge in [0.1, 0.15) is 11.5 Å². The molecule has 0 heterocycles. The number of ether oxygens (including phenoxy) is 2. The quantitative estimate of drug-likeness (QED) is 0.538. The topological polar surface area (TPSA) is 35.5 Å². The summed E-state index contributed by atoms with van der Waals surface area (Å²) in [6.45, 7) is 7.58. The van der Waals surface area contributed by atoms with Gasteiger partial charge in [0, 0.05) is 18.4 Å². The van der Waals surface area contributed by atoms with Crippen molar-refractivity contribution < 1.29 is 14.3 Å². The first-order valence-electron chi connectivity index (χ1n) is 6.61. The van der Waals surface area contributed by atoms with E-state index in [1.54, 1.807) is 12.1 Å². The van der Waals surface area contributed by atoms with Gasteiger partial charge < -0.3 is 9.47 Å². The third-order valence-electron chi connectivity index (χ3n) is 2.38. The first-order chi connectivity index (χ1) is 9.35. The van der Waals surface area contributed by atoms with Gasteiger partial charge in [0.15, 0.2) is 5.78 Å². The molecule has 0 amide bonds. The number of benzene rings is 1. The lowest BCUT2D eigenvalue weighted by Crippen LogP contribution is -2.12. The van der Waals surface area contributed by atoms with Crippen molar-refractivity contribution in [2.45, 2.75) is 46.3 Å². The van der Waals surface area contributed by atoms with E-state index in [-0.39, 0.29) is 30.3 Å². The lowest BCUT2D eigenvalue weighted by molar-refractivity contribution is 0.0982. The molecule has 20 heavy (non-hydrogen) atoms. The van der Waals surface area contributed by atoms with E-state index in [0.29, 0.717) is 22.1 Å². The summed E-state index contributed by atoms with van der Waals surface area (Å²) in [6, 6.07) is 3.26. The van der Waals surface area contributed by atoms with Gasteiger partial charge in [-0.2, -0.15) is 0 Å². The Hall–Kier alpha value is -0.930. The fourth-order valence-corrected chi connectivity index (χ4v) is 2.04. The lowest BCUT2D eigenvalue weighted by Gasteiger charge is -2.17. The van der Waals surface area contributed by atoms with Gasteiger partial charge in [0.2, 0.25) is 0 Å². The second kappa shape index (κ2) is 7.75. The van der Waals surface area contributed by atoms with Crippen LogP contribution in [0.5, 0.6) is 11.5 Å². The first-order valence-corrected chi connectivity index (χ1v) is 7.52. The number of alkyl halides is 1. The van der Waals surface area contributed by atoms with Gasteiger partial charge in [0.05, 0.1) is 22.8 Å². The van der Waals surface area contributed by atoms with Crippen molar-refractivity contribution >= 4 is 29.0 Å². The third kappa shape index (κ3) is 4.88. The SMILES string of the molecule is CC(C)Oc1cc(C(=O)CCCl)c(OC(C)C)cc1Cl. The van der Waals surface area contributed by atoms with Crippen molar-refractivity contribution in [2.24, 2.45) is 0 Å². The van der Waals surface area contributed by atoms with E-state index in [4.69, 9.17) is 32.7 Å². The summed E-state index contributed by atoms with van der Waals surface area (Å²) in [4.78, 5) is 12.1. The monoisotopic (exact) mass is 318 g/mol. The molecule has 1 aromatic rings. The van der Waals surface area contributed by atoms with E-state index in [2.05, 4.69) is 0 Å². The molecular weight excluding hydrogens is 299 g/mol. The number of Topliss-reactive ketones (excluding diaryl/α,β-unsaturated/α-hetero) is 1. The Bertz CT molecular complexity index is 470. The molecule has 0 aliphatic heterocycles. The van der Waals surface area contributed by atoms with Gasteiger partial charge in [-0.15, -0.1) is 11.6 Å². The maximum Gasteiger partial charge on any atom is 0.167 e. The molecule has 3 nitrogen and oxygen atoms in total. The Morgan fingerprint density at radius 2 is 1.65 bits per heavy atom. The summed E-state index contributed by atoms with van der Waals surface area (Å²) in [5.74, 6) is 1.14. The van der Waals surface area contributed by atoms with Gasteiger partial charge >= 0.3 is 0 Å². The highest BCUT2D eigenvalue weighted by Crippen LogP contribution is 2.34. The minimum absolute atomic E-state index is 0.0275. The van der Waals surface area contributed by atoms with Gasteiger partial charge in [0.25, 0.3) is 0 Å². The average Bonchev–Trinajstić information content (AvgIpc) is 2.31. The summed E-state index contributed by atoms with van der Waals surface area (Å²) in [5.41, 5.74) is 0.458. The Kier molecular flexibility index (Phi) is 6.63. The van der Waals surface area contributed by atoms with E-state index in [1.165, 1.54) is 0 Å². The Morgan fingerprint density at radius 3 is 2.15 bits per heavy atom. The van der Waals surface area contributed by atoms with E-state index < -0.39 is 0 Å². The molecule has 0 saturated heterocycles. The molecule has 1 rings (SSSR count). The van der Waals surface area contributed by atoms with Gasteiger partial charge in [-0.1, -0.05) is 11.6 Å². The standard InChI is InChI=1S/C15H20Cl2O3/c1-9(2)19-14-8-12(17)15(20-10(3)4)7-11(14)13(18)5-6-16/h7-10H,5-6H2,1-4H3. The zero-order valence-corrected chi connectivity index (χ0v) is 13.7. The molecule has 0 aliphatic rings. The van der Waals surface area contributed by atoms with E-state index in [9.17, 15) is 4.79 Å². The highest BCUT2D eigenvalue weighted by atomic mass is 35.5. The van der Waals surface area contributed by atoms with E-state index >= 15 is 0 Å². The molecule has 0 saturated carbocycles. The van der Waals surface area contributed by atoms with Gasteiger partial charge in [-0.25, -0.2) is 0 Å². The molecule has 0 radical (unpaired) electrons. The van der Waals surface area contributed by atoms with Crippen LogP contribution in [0.2, 0.25) is 5.02 Å². The minimum Gasteiger partial charge on any atom is -0.490 e. The fraction of sp³-hybridized carbons (Fsp3) is 0.533. The molecule has 0 unspecified atom stereocenters. The second-order valence-corrected chi connectivity index (χ2v) is 5.76. The second-order valence-electron chi connectivity index (χ2n) is 4.97. The van der Waals surface area contributed by atoms with Crippen molar-refractivity contribution in [3.63, 3.8) is 0 Å². The van der Waals surface area contributed by atoms with Crippen molar-refractivity contribution in [3.05, 3.63) is 22.7 Å². The lowest BCUT2D eigenvalue weighted by atomic mass is 10.1. The van der Waals surface area contributed by atoms with Crippen molar-refractivity contribution in [2.75, 3.05) is 5.88 Å². The summed E-state index contributed by atoms with van der Waals surface area (Å²) < 4.78 is 11.3. The molecule has 0 aromatic heterocycles. The van der Waals surface area contributed by atoms with Crippen LogP contribution in [0.1, 0.15) is 44.5 Å². The van der Waals surface area contributed by atoms with Crippen LogP contribution in [0.4, 0.5) is 0 Å². The zero-order valence-electron chi connectivity index (χ0n) is 12.2. The van der Waals surface area contributed by atoms with Crippen LogP contribution in [0.3, 0.4) is 0 Å². The molecule has 5 heteroatoms. The summed E-state index contributed by atoms with van der Waals surface area (Å²) in [6.07, 6.45) is 0.171. The summed E-state index contributed by atoms with van der Waals surface area (Å²) in [5, 5.41) is 0.428. The largest absolute Gasteiger partial charge is 0.490 e. The Morgan fingerprint density at radius 1 is 1.10 bits per heavy atom. The average molecular weight is 319 g/mol. The van der Waals surface area contributed by atoms with Crippen molar-refractivity contribution in [1.29, 1.82) is 0 Å². The Labute approximate surface area is 130 Å².